The van der Waals surface area contributed by atoms with Crippen molar-refractivity contribution in [3.63, 3.8) is 0 Å². The average molecular weight is 557 g/mol. The van der Waals surface area contributed by atoms with Gasteiger partial charge in [0.1, 0.15) is 6.10 Å². The molecule has 0 spiro atoms. The molecule has 37 heavy (non-hydrogen) atoms. The number of ether oxygens (including phenoxy) is 1. The first kappa shape index (κ1) is 31.4. The number of esters is 1. The van der Waals surface area contributed by atoms with E-state index in [1.54, 1.807) is 16.9 Å². The minimum absolute atomic E-state index is 0.0793. The normalized spacial score (nSPS) is 31.4. The third kappa shape index (κ3) is 9.76. The van der Waals surface area contributed by atoms with Crippen molar-refractivity contribution in [2.75, 3.05) is 11.5 Å². The molecule has 2 amide bonds. The summed E-state index contributed by atoms with van der Waals surface area (Å²) < 4.78 is 5.59. The van der Waals surface area contributed by atoms with Crippen LogP contribution in [0.15, 0.2) is 12.2 Å². The summed E-state index contributed by atoms with van der Waals surface area (Å²) in [4.78, 5) is 65.9. The summed E-state index contributed by atoms with van der Waals surface area (Å²) in [6.45, 7) is 8.70. The highest BCUT2D eigenvalue weighted by molar-refractivity contribution is 8.76. The number of aliphatic hydroxyl groups excluding tert-OH is 1. The van der Waals surface area contributed by atoms with Gasteiger partial charge in [-0.25, -0.2) is 0 Å². The average Bonchev–Trinajstić information content (AvgIpc) is 2.80. The van der Waals surface area contributed by atoms with E-state index in [1.807, 2.05) is 33.8 Å². The summed E-state index contributed by atoms with van der Waals surface area (Å²) in [6.07, 6.45) is 1.40. The fourth-order valence-corrected chi connectivity index (χ4v) is 6.43. The molecule has 2 heterocycles. The number of carbonyl (C=O) groups is 5. The van der Waals surface area contributed by atoms with E-state index in [4.69, 9.17) is 4.74 Å². The second-order valence-electron chi connectivity index (χ2n) is 10.4. The summed E-state index contributed by atoms with van der Waals surface area (Å²) in [6, 6.07) is -1.71. The Hall–Kier alpha value is -1.85. The number of amides is 2. The smallest absolute Gasteiger partial charge is 0.312 e. The van der Waals surface area contributed by atoms with E-state index >= 15 is 0 Å². The number of carbonyl (C=O) groups excluding carboxylic acids is 5. The van der Waals surface area contributed by atoms with E-state index in [2.05, 4.69) is 10.6 Å². The largest absolute Gasteiger partial charge is 0.457 e. The van der Waals surface area contributed by atoms with Crippen LogP contribution >= 0.6 is 21.6 Å². The number of hydrogen-bond donors (Lipinski definition) is 3. The molecule has 11 heteroatoms. The van der Waals surface area contributed by atoms with Crippen molar-refractivity contribution in [1.82, 2.24) is 10.6 Å². The van der Waals surface area contributed by atoms with Crippen LogP contribution in [0.3, 0.4) is 0 Å². The third-order valence-corrected chi connectivity index (χ3v) is 9.04. The minimum Gasteiger partial charge on any atom is -0.457 e. The quantitative estimate of drug-likeness (QED) is 0.272. The Morgan fingerprint density at radius 1 is 0.892 bits per heavy atom. The molecule has 6 atom stereocenters. The summed E-state index contributed by atoms with van der Waals surface area (Å²) in [7, 11) is 2.99. The standard InChI is InChI=1S/C26H40N2O7S2/c1-14(2)18-11-22(31)24(15(3)4)28-23(32)10-17-8-6-7-9-36-37-13-20(27-25(18)33)21(30)12-19(16(5)29)26(34)35-17/h6,8,14-20,24,29H,7,9-13H2,1-5H3,(H,27,33)(H,28,32)/b8-6+/t16-,17-,18-,19?,20-,24-/m1/s1. The van der Waals surface area contributed by atoms with Crippen molar-refractivity contribution in [2.24, 2.45) is 23.7 Å². The molecular formula is C26H40N2O7S2. The first-order chi connectivity index (χ1) is 17.4. The second kappa shape index (κ2) is 14.9. The lowest BCUT2D eigenvalue weighted by Crippen LogP contribution is -2.50. The van der Waals surface area contributed by atoms with Gasteiger partial charge in [0.2, 0.25) is 11.8 Å². The van der Waals surface area contributed by atoms with Crippen molar-refractivity contribution in [3.05, 3.63) is 12.2 Å². The van der Waals surface area contributed by atoms with Gasteiger partial charge in [-0.3, -0.25) is 24.0 Å². The van der Waals surface area contributed by atoms with Crippen LogP contribution < -0.4 is 10.6 Å². The first-order valence-corrected chi connectivity index (χ1v) is 15.3. The molecule has 2 aliphatic heterocycles. The molecule has 0 aliphatic carbocycles. The van der Waals surface area contributed by atoms with Gasteiger partial charge in [-0.1, -0.05) is 55.4 Å². The predicted octanol–water partition coefficient (Wildman–Crippen LogP) is 2.46. The predicted molar refractivity (Wildman–Crippen MR) is 145 cm³/mol. The molecule has 1 saturated heterocycles. The molecule has 3 N–H and O–H groups in total. The molecule has 2 aliphatic rings. The molecular weight excluding hydrogens is 516 g/mol. The van der Waals surface area contributed by atoms with Gasteiger partial charge < -0.3 is 20.5 Å². The van der Waals surface area contributed by atoms with Crippen LogP contribution in [0, 0.1) is 23.7 Å². The number of Topliss-reactive ketones (excluding diaryl/α,β-unsaturated/α-hetero) is 2. The highest BCUT2D eigenvalue weighted by Crippen LogP contribution is 2.26. The highest BCUT2D eigenvalue weighted by atomic mass is 33.1. The van der Waals surface area contributed by atoms with Crippen LogP contribution in [0.2, 0.25) is 0 Å². The molecule has 1 unspecified atom stereocenters. The van der Waals surface area contributed by atoms with Crippen LogP contribution in [-0.4, -0.2) is 70.3 Å². The van der Waals surface area contributed by atoms with E-state index in [0.29, 0.717) is 6.42 Å². The van der Waals surface area contributed by atoms with Gasteiger partial charge in [0.05, 0.1) is 30.5 Å². The second-order valence-corrected chi connectivity index (χ2v) is 13.0. The third-order valence-electron chi connectivity index (χ3n) is 6.59. The summed E-state index contributed by atoms with van der Waals surface area (Å²) in [5, 5.41) is 15.9. The van der Waals surface area contributed by atoms with E-state index in [0.717, 1.165) is 5.75 Å². The molecule has 0 saturated carbocycles. The number of nitrogens with one attached hydrogen (secondary N) is 2. The number of allylic oxidation sites excluding steroid dienone is 1. The Kier molecular flexibility index (Phi) is 12.7. The Morgan fingerprint density at radius 2 is 1.57 bits per heavy atom. The van der Waals surface area contributed by atoms with Gasteiger partial charge in [-0.15, -0.1) is 0 Å². The lowest BCUT2D eigenvalue weighted by molar-refractivity contribution is -0.158. The topological polar surface area (TPSA) is 139 Å². The maximum atomic E-state index is 13.3. The summed E-state index contributed by atoms with van der Waals surface area (Å²) in [5.41, 5.74) is 0. The Morgan fingerprint density at radius 3 is 2.19 bits per heavy atom. The van der Waals surface area contributed by atoms with Crippen molar-refractivity contribution < 1.29 is 33.8 Å². The van der Waals surface area contributed by atoms with Crippen LogP contribution in [0.5, 0.6) is 0 Å². The van der Waals surface area contributed by atoms with E-state index in [-0.39, 0.29) is 42.6 Å². The number of fused-ring (bicyclic) bond motifs is 6. The molecule has 0 aromatic rings. The lowest BCUT2D eigenvalue weighted by atomic mass is 9.85. The molecule has 0 aromatic carbocycles. The van der Waals surface area contributed by atoms with Gasteiger partial charge in [0.15, 0.2) is 11.6 Å². The van der Waals surface area contributed by atoms with E-state index in [9.17, 15) is 29.1 Å². The number of hydrogen-bond acceptors (Lipinski definition) is 9. The SMILES string of the molecule is CC(C)[C@H]1CC(=O)[C@@H](C(C)C)NC(=O)C[C@H]2/C=C/CCSSC[C@@H](NC1=O)C(=O)CC([C@@H](C)O)C(=O)O2. The Bertz CT molecular complexity index is 875. The zero-order valence-electron chi connectivity index (χ0n) is 22.2. The maximum Gasteiger partial charge on any atom is 0.312 e. The van der Waals surface area contributed by atoms with E-state index in [1.165, 1.54) is 17.7 Å². The number of rotatable bonds is 3. The van der Waals surface area contributed by atoms with E-state index < -0.39 is 59.7 Å². The van der Waals surface area contributed by atoms with Crippen LogP contribution in [-0.2, 0) is 28.7 Å². The molecule has 0 aromatic heterocycles. The van der Waals surface area contributed by atoms with Crippen molar-refractivity contribution in [1.29, 1.82) is 0 Å². The zero-order valence-corrected chi connectivity index (χ0v) is 23.9. The van der Waals surface area contributed by atoms with Crippen LogP contribution in [0.1, 0.15) is 60.3 Å². The fraction of sp³-hybridized carbons (Fsp3) is 0.731. The monoisotopic (exact) mass is 556 g/mol. The fourth-order valence-electron chi connectivity index (χ4n) is 4.24. The van der Waals surface area contributed by atoms with Crippen molar-refractivity contribution in [3.8, 4) is 0 Å². The molecule has 9 nitrogen and oxygen atoms in total. The molecule has 0 radical (unpaired) electrons. The molecule has 208 valence electrons. The first-order valence-electron chi connectivity index (χ1n) is 12.9. The summed E-state index contributed by atoms with van der Waals surface area (Å²) >= 11 is 0. The van der Waals surface area contributed by atoms with Crippen molar-refractivity contribution >= 4 is 50.9 Å². The van der Waals surface area contributed by atoms with Gasteiger partial charge in [-0.05, 0) is 31.3 Å². The number of aliphatic hydroxyl groups is 1. The molecule has 2 bridgehead atoms. The van der Waals surface area contributed by atoms with Gasteiger partial charge >= 0.3 is 5.97 Å². The van der Waals surface area contributed by atoms with Gasteiger partial charge in [-0.2, -0.15) is 0 Å². The van der Waals surface area contributed by atoms with Gasteiger partial charge in [0, 0.05) is 30.3 Å². The molecule has 1 fully saturated rings. The zero-order chi connectivity index (χ0) is 27.7. The number of ketones is 2. The lowest BCUT2D eigenvalue weighted by Gasteiger charge is -2.29. The summed E-state index contributed by atoms with van der Waals surface area (Å²) in [5.74, 6) is -3.60. The maximum absolute atomic E-state index is 13.3. The Labute approximate surface area is 227 Å². The van der Waals surface area contributed by atoms with Crippen LogP contribution in [0.4, 0.5) is 0 Å². The van der Waals surface area contributed by atoms with Crippen molar-refractivity contribution in [2.45, 2.75) is 84.6 Å². The molecule has 2 rings (SSSR count). The van der Waals surface area contributed by atoms with Crippen LogP contribution in [0.25, 0.3) is 0 Å². The van der Waals surface area contributed by atoms with Gasteiger partial charge in [0.25, 0.3) is 0 Å². The highest BCUT2D eigenvalue weighted by Gasteiger charge is 2.36. The minimum atomic E-state index is -1.17. The Balaban J connectivity index is 2.55.